The molecule has 1 aromatic heterocycles. The summed E-state index contributed by atoms with van der Waals surface area (Å²) in [4.78, 5) is 27.9. The molecule has 2 N–H and O–H groups in total. The Morgan fingerprint density at radius 3 is 2.61 bits per heavy atom. The number of fused-ring (bicyclic) bond motifs is 1. The summed E-state index contributed by atoms with van der Waals surface area (Å²) >= 11 is 0. The van der Waals surface area contributed by atoms with Crippen molar-refractivity contribution in [1.29, 1.82) is 0 Å². The zero-order valence-corrected chi connectivity index (χ0v) is 19.4. The van der Waals surface area contributed by atoms with Crippen LogP contribution in [0.5, 0.6) is 5.75 Å². The fourth-order valence-corrected chi connectivity index (χ4v) is 5.89. The third-order valence-electron chi connectivity index (χ3n) is 6.02. The Labute approximate surface area is 192 Å². The highest BCUT2D eigenvalue weighted by molar-refractivity contribution is 7.89. The first-order chi connectivity index (χ1) is 15.8. The maximum Gasteiger partial charge on any atom is 0.252 e. The smallest absolute Gasteiger partial charge is 0.252 e. The van der Waals surface area contributed by atoms with E-state index in [0.29, 0.717) is 23.2 Å². The molecule has 1 aliphatic heterocycles. The lowest BCUT2D eigenvalue weighted by Crippen LogP contribution is -2.41. The molecule has 0 saturated carbocycles. The molecule has 1 aliphatic rings. The first-order valence-electron chi connectivity index (χ1n) is 10.9. The number of benzene rings is 2. The van der Waals surface area contributed by atoms with Crippen LogP contribution in [0.15, 0.2) is 58.2 Å². The lowest BCUT2D eigenvalue weighted by Gasteiger charge is -2.32. The molecule has 33 heavy (non-hydrogen) atoms. The van der Waals surface area contributed by atoms with Gasteiger partial charge in [-0.1, -0.05) is 18.6 Å². The van der Waals surface area contributed by atoms with Crippen LogP contribution in [-0.2, 0) is 16.6 Å². The molecule has 1 fully saturated rings. The van der Waals surface area contributed by atoms with Crippen molar-refractivity contribution in [2.75, 3.05) is 13.7 Å². The van der Waals surface area contributed by atoms with Gasteiger partial charge in [0.05, 0.1) is 17.6 Å². The second kappa shape index (κ2) is 9.36. The lowest BCUT2D eigenvalue weighted by atomic mass is 10.1. The number of nitrogens with zero attached hydrogens (tertiary/aromatic N) is 1. The second-order valence-electron chi connectivity index (χ2n) is 8.25. The number of rotatable bonds is 6. The molecular weight excluding hydrogens is 442 g/mol. The Bertz CT molecular complexity index is 1330. The largest absolute Gasteiger partial charge is 0.497 e. The van der Waals surface area contributed by atoms with Crippen molar-refractivity contribution in [3.05, 3.63) is 70.0 Å². The molecule has 1 atom stereocenters. The van der Waals surface area contributed by atoms with Crippen LogP contribution < -0.4 is 15.6 Å². The Balaban J connectivity index is 1.66. The van der Waals surface area contributed by atoms with Crippen molar-refractivity contribution >= 4 is 26.8 Å². The van der Waals surface area contributed by atoms with Crippen molar-refractivity contribution in [3.63, 3.8) is 0 Å². The molecule has 4 rings (SSSR count). The van der Waals surface area contributed by atoms with E-state index in [4.69, 9.17) is 4.74 Å². The number of ether oxygens (including phenoxy) is 1. The molecule has 2 heterocycles. The first kappa shape index (κ1) is 23.0. The highest BCUT2D eigenvalue weighted by Gasteiger charge is 2.31. The van der Waals surface area contributed by atoms with Crippen LogP contribution >= 0.6 is 0 Å². The highest BCUT2D eigenvalue weighted by Crippen LogP contribution is 2.27. The topological polar surface area (TPSA) is 109 Å². The summed E-state index contributed by atoms with van der Waals surface area (Å²) in [6, 6.07) is 12.9. The highest BCUT2D eigenvalue weighted by atomic mass is 32.2. The number of aromatic nitrogens is 1. The molecule has 0 spiro atoms. The van der Waals surface area contributed by atoms with E-state index < -0.39 is 21.5 Å². The quantitative estimate of drug-likeness (QED) is 0.577. The molecule has 9 heteroatoms. The summed E-state index contributed by atoms with van der Waals surface area (Å²) in [5.74, 6) is 0.255. The number of aromatic amines is 1. The average Bonchev–Trinajstić information content (AvgIpc) is 2.82. The maximum absolute atomic E-state index is 13.3. The standard InChI is InChI=1S/C24H27N3O5S/c1-16-5-3-4-12-27(16)33(30,31)19-10-11-22-20(13-19)21(14-23(28)26-22)24(29)25-15-17-6-8-18(32-2)9-7-17/h6-11,13-14,16H,3-5,12,15H2,1-2H3,(H,25,29)(H,26,28)/t16-/m1/s1. The van der Waals surface area contributed by atoms with Crippen LogP contribution in [0.4, 0.5) is 0 Å². The Morgan fingerprint density at radius 2 is 1.91 bits per heavy atom. The van der Waals surface area contributed by atoms with Crippen LogP contribution in [0, 0.1) is 0 Å². The number of hydrogen-bond acceptors (Lipinski definition) is 5. The number of methoxy groups -OCH3 is 1. The molecule has 1 amide bonds. The summed E-state index contributed by atoms with van der Waals surface area (Å²) in [6.45, 7) is 2.63. The molecule has 174 valence electrons. The Morgan fingerprint density at radius 1 is 1.15 bits per heavy atom. The summed E-state index contributed by atoms with van der Waals surface area (Å²) in [6.07, 6.45) is 2.65. The van der Waals surface area contributed by atoms with Gasteiger partial charge in [-0.2, -0.15) is 4.31 Å². The molecule has 8 nitrogen and oxygen atoms in total. The van der Waals surface area contributed by atoms with Crippen LogP contribution in [0.3, 0.4) is 0 Å². The number of nitrogens with one attached hydrogen (secondary N) is 2. The van der Waals surface area contributed by atoms with Crippen LogP contribution in [-0.4, -0.2) is 43.3 Å². The van der Waals surface area contributed by atoms with E-state index in [1.165, 1.54) is 22.5 Å². The second-order valence-corrected chi connectivity index (χ2v) is 10.1. The molecular formula is C24H27N3O5S. The fourth-order valence-electron chi connectivity index (χ4n) is 4.17. The maximum atomic E-state index is 13.3. The minimum absolute atomic E-state index is 0.0812. The van der Waals surface area contributed by atoms with E-state index in [1.54, 1.807) is 25.3 Å². The van der Waals surface area contributed by atoms with Crippen molar-refractivity contribution in [2.24, 2.45) is 0 Å². The summed E-state index contributed by atoms with van der Waals surface area (Å²) in [5, 5.41) is 3.19. The van der Waals surface area contributed by atoms with Gasteiger partial charge >= 0.3 is 0 Å². The van der Waals surface area contributed by atoms with Crippen LogP contribution in [0.1, 0.15) is 42.1 Å². The van der Waals surface area contributed by atoms with Crippen molar-refractivity contribution in [1.82, 2.24) is 14.6 Å². The van der Waals surface area contributed by atoms with Gasteiger partial charge in [0.1, 0.15) is 5.75 Å². The zero-order valence-electron chi connectivity index (χ0n) is 18.6. The normalized spacial score (nSPS) is 17.1. The number of amides is 1. The molecule has 0 radical (unpaired) electrons. The van der Waals surface area contributed by atoms with E-state index >= 15 is 0 Å². The van der Waals surface area contributed by atoms with Crippen molar-refractivity contribution < 1.29 is 17.9 Å². The van der Waals surface area contributed by atoms with Crippen LogP contribution in [0.2, 0.25) is 0 Å². The number of carbonyl (C=O) groups is 1. The molecule has 1 saturated heterocycles. The Kier molecular flexibility index (Phi) is 6.53. The number of sulfonamides is 1. The number of pyridine rings is 1. The van der Waals surface area contributed by atoms with Gasteiger partial charge in [0.25, 0.3) is 5.91 Å². The van der Waals surface area contributed by atoms with Gasteiger partial charge in [-0.15, -0.1) is 0 Å². The monoisotopic (exact) mass is 469 g/mol. The summed E-state index contributed by atoms with van der Waals surface area (Å²) in [5.41, 5.74) is 0.965. The van der Waals surface area contributed by atoms with Gasteiger partial charge in [-0.25, -0.2) is 8.42 Å². The van der Waals surface area contributed by atoms with Gasteiger partial charge in [-0.05, 0) is 55.7 Å². The average molecular weight is 470 g/mol. The minimum Gasteiger partial charge on any atom is -0.497 e. The summed E-state index contributed by atoms with van der Waals surface area (Å²) < 4.78 is 33.2. The lowest BCUT2D eigenvalue weighted by molar-refractivity contribution is 0.0952. The summed E-state index contributed by atoms with van der Waals surface area (Å²) in [7, 11) is -2.14. The fraction of sp³-hybridized carbons (Fsp3) is 0.333. The van der Waals surface area contributed by atoms with Gasteiger partial charge in [-0.3, -0.25) is 9.59 Å². The van der Waals surface area contributed by atoms with E-state index in [0.717, 1.165) is 24.8 Å². The molecule has 0 bridgehead atoms. The third kappa shape index (κ3) is 4.79. The number of carbonyl (C=O) groups excluding carboxylic acids is 1. The first-order valence-corrected chi connectivity index (χ1v) is 12.3. The van der Waals surface area contributed by atoms with Crippen molar-refractivity contribution in [2.45, 2.75) is 43.7 Å². The van der Waals surface area contributed by atoms with Gasteiger partial charge in [0, 0.05) is 36.1 Å². The molecule has 3 aromatic rings. The SMILES string of the molecule is COc1ccc(CNC(=O)c2cc(=O)[nH]c3ccc(S(=O)(=O)N4CCCC[C@H]4C)cc23)cc1. The predicted octanol–water partition coefficient (Wildman–Crippen LogP) is 3.03. The van der Waals surface area contributed by atoms with Crippen LogP contribution in [0.25, 0.3) is 10.9 Å². The van der Waals surface area contributed by atoms with E-state index in [2.05, 4.69) is 10.3 Å². The molecule has 0 aliphatic carbocycles. The number of H-pyrrole nitrogens is 1. The van der Waals surface area contributed by atoms with Gasteiger partial charge in [0.2, 0.25) is 15.6 Å². The minimum atomic E-state index is -3.72. The molecule has 0 unspecified atom stereocenters. The predicted molar refractivity (Wildman–Crippen MR) is 126 cm³/mol. The van der Waals surface area contributed by atoms with E-state index in [-0.39, 0.29) is 23.0 Å². The zero-order chi connectivity index (χ0) is 23.6. The van der Waals surface area contributed by atoms with Crippen molar-refractivity contribution in [3.8, 4) is 5.75 Å². The Hall–Kier alpha value is -3.17. The third-order valence-corrected chi connectivity index (χ3v) is 8.03. The number of piperidine rings is 1. The van der Waals surface area contributed by atoms with E-state index in [1.807, 2.05) is 19.1 Å². The van der Waals surface area contributed by atoms with E-state index in [9.17, 15) is 18.0 Å². The van der Waals surface area contributed by atoms with Gasteiger partial charge in [0.15, 0.2) is 0 Å². The van der Waals surface area contributed by atoms with Gasteiger partial charge < -0.3 is 15.0 Å². The molecule has 2 aromatic carbocycles. The number of hydrogen-bond donors (Lipinski definition) is 2.